The lowest BCUT2D eigenvalue weighted by Gasteiger charge is -2.41. The molecule has 2 heterocycles. The Morgan fingerprint density at radius 1 is 0.917 bits per heavy atom. The smallest absolute Gasteiger partial charge is 0.328 e. The summed E-state index contributed by atoms with van der Waals surface area (Å²) in [4.78, 5) is 30.1. The maximum Gasteiger partial charge on any atom is 0.328 e. The number of aliphatic hydroxyl groups excluding tert-OH is 1. The van der Waals surface area contributed by atoms with Crippen LogP contribution >= 0.6 is 23.1 Å². The molecule has 2 amide bonds. The van der Waals surface area contributed by atoms with Crippen LogP contribution in [0.15, 0.2) is 107 Å². The predicted molar refractivity (Wildman–Crippen MR) is 188 cm³/mol. The highest BCUT2D eigenvalue weighted by Crippen LogP contribution is 2.43. The highest BCUT2D eigenvalue weighted by Gasteiger charge is 2.38. The molecular formula is C37H37N3O6S2. The zero-order valence-corrected chi connectivity index (χ0v) is 28.2. The average molecular weight is 684 g/mol. The lowest BCUT2D eigenvalue weighted by molar-refractivity contribution is -0.268. The summed E-state index contributed by atoms with van der Waals surface area (Å²) in [6.45, 7) is 2.11. The van der Waals surface area contributed by atoms with Crippen LogP contribution in [0.25, 0.3) is 10.2 Å². The van der Waals surface area contributed by atoms with Crippen LogP contribution in [0.3, 0.4) is 0 Å². The van der Waals surface area contributed by atoms with Crippen molar-refractivity contribution in [3.63, 3.8) is 0 Å². The summed E-state index contributed by atoms with van der Waals surface area (Å²) in [6.07, 6.45) is -0.744. The first kappa shape index (κ1) is 33.6. The molecule has 9 nitrogen and oxygen atoms in total. The standard InChI is InChI=1S/C37H37N3O6S2/c1-23-31(22-47-37-40-29-10-6-7-11-32(29)48-37)45-35(46-33(23)26-14-12-25(21-41)13-15-26)27-16-18-28(19-17-27)38-36(43)39-30(34(42)44-2)20-24-8-4-3-5-9-24/h3-19,23,30-31,33,35,41H,20-22H2,1-2H3,(H2,38,39,43)/t23-,30-,31+,33+,35+/m0/s1. The molecule has 0 radical (unpaired) electrons. The second-order valence-corrected chi connectivity index (χ2v) is 13.9. The summed E-state index contributed by atoms with van der Waals surface area (Å²) in [5, 5.41) is 15.1. The van der Waals surface area contributed by atoms with Gasteiger partial charge in [-0.25, -0.2) is 14.6 Å². The lowest BCUT2D eigenvalue weighted by Crippen LogP contribution is -2.45. The number of carbonyl (C=O) groups is 2. The van der Waals surface area contributed by atoms with Gasteiger partial charge >= 0.3 is 12.0 Å². The minimum absolute atomic E-state index is 0.0245. The normalized spacial score (nSPS) is 19.8. The number of benzene rings is 4. The predicted octanol–water partition coefficient (Wildman–Crippen LogP) is 7.28. The Balaban J connectivity index is 1.15. The van der Waals surface area contributed by atoms with E-state index in [1.165, 1.54) is 7.11 Å². The number of amides is 2. The van der Waals surface area contributed by atoms with Crippen LogP contribution in [0.2, 0.25) is 0 Å². The highest BCUT2D eigenvalue weighted by molar-refractivity contribution is 8.01. The Labute approximate surface area is 287 Å². The monoisotopic (exact) mass is 683 g/mol. The van der Waals surface area contributed by atoms with Crippen LogP contribution in [-0.4, -0.2) is 47.1 Å². The quantitative estimate of drug-likeness (QED) is 0.0983. The number of fused-ring (bicyclic) bond motifs is 1. The number of aromatic nitrogens is 1. The molecule has 11 heteroatoms. The van der Waals surface area contributed by atoms with Gasteiger partial charge in [-0.1, -0.05) is 97.5 Å². The molecule has 5 atom stereocenters. The van der Waals surface area contributed by atoms with Crippen molar-refractivity contribution in [2.45, 2.75) is 48.8 Å². The third-order valence-corrected chi connectivity index (χ3v) is 10.6. The Morgan fingerprint density at radius 3 is 2.33 bits per heavy atom. The summed E-state index contributed by atoms with van der Waals surface area (Å²) in [7, 11) is 1.30. The molecule has 5 aromatic rings. The molecule has 0 saturated carbocycles. The third kappa shape index (κ3) is 8.23. The molecule has 6 rings (SSSR count). The lowest BCUT2D eigenvalue weighted by atomic mass is 9.91. The van der Waals surface area contributed by atoms with Gasteiger partial charge in [0.05, 0.1) is 36.1 Å². The number of hydrogen-bond acceptors (Lipinski definition) is 9. The first-order valence-electron chi connectivity index (χ1n) is 15.7. The number of aliphatic hydroxyl groups is 1. The van der Waals surface area contributed by atoms with Crippen molar-refractivity contribution in [2.24, 2.45) is 5.92 Å². The number of thioether (sulfide) groups is 1. The van der Waals surface area contributed by atoms with Gasteiger partial charge in [0.1, 0.15) is 6.04 Å². The topological polar surface area (TPSA) is 119 Å². The second kappa shape index (κ2) is 15.8. The molecule has 1 saturated heterocycles. The Kier molecular flexibility index (Phi) is 11.0. The van der Waals surface area contributed by atoms with E-state index < -0.39 is 24.3 Å². The maximum atomic E-state index is 12.9. The fourth-order valence-electron chi connectivity index (χ4n) is 5.61. The molecule has 0 aliphatic carbocycles. The molecule has 1 aliphatic rings. The molecule has 0 spiro atoms. The fraction of sp³-hybridized carbons (Fsp3) is 0.270. The molecule has 1 fully saturated rings. The minimum atomic E-state index is -0.844. The van der Waals surface area contributed by atoms with E-state index in [-0.39, 0.29) is 24.7 Å². The largest absolute Gasteiger partial charge is 0.467 e. The van der Waals surface area contributed by atoms with E-state index in [1.54, 1.807) is 35.2 Å². The van der Waals surface area contributed by atoms with E-state index in [0.717, 1.165) is 36.8 Å². The van der Waals surface area contributed by atoms with Crippen LogP contribution in [0, 0.1) is 5.92 Å². The third-order valence-electron chi connectivity index (χ3n) is 8.28. The first-order valence-corrected chi connectivity index (χ1v) is 17.5. The number of urea groups is 1. The van der Waals surface area contributed by atoms with Crippen LogP contribution in [0.1, 0.15) is 41.6 Å². The van der Waals surface area contributed by atoms with E-state index in [4.69, 9.17) is 19.2 Å². The van der Waals surface area contributed by atoms with Crippen LogP contribution in [-0.2, 0) is 32.0 Å². The van der Waals surface area contributed by atoms with E-state index in [0.29, 0.717) is 17.9 Å². The molecule has 3 N–H and O–H groups in total. The Hall–Kier alpha value is -4.26. The van der Waals surface area contributed by atoms with Gasteiger partial charge in [0.2, 0.25) is 0 Å². The van der Waals surface area contributed by atoms with Crippen molar-refractivity contribution >= 4 is 51.0 Å². The van der Waals surface area contributed by atoms with Gasteiger partial charge in [0, 0.05) is 29.3 Å². The number of anilines is 1. The van der Waals surface area contributed by atoms with Crippen LogP contribution in [0.4, 0.5) is 10.5 Å². The Bertz CT molecular complexity index is 1780. The summed E-state index contributed by atoms with van der Waals surface area (Å²) in [5.74, 6) is 0.198. The second-order valence-electron chi connectivity index (χ2n) is 11.6. The van der Waals surface area contributed by atoms with Crippen molar-refractivity contribution in [3.05, 3.63) is 125 Å². The van der Waals surface area contributed by atoms with Crippen LogP contribution < -0.4 is 10.6 Å². The Morgan fingerprint density at radius 2 is 1.62 bits per heavy atom. The van der Waals surface area contributed by atoms with Crippen molar-refractivity contribution in [3.8, 4) is 0 Å². The van der Waals surface area contributed by atoms with Crippen molar-refractivity contribution in [1.82, 2.24) is 10.3 Å². The van der Waals surface area contributed by atoms with Crippen molar-refractivity contribution < 1.29 is 28.9 Å². The molecule has 1 aliphatic heterocycles. The minimum Gasteiger partial charge on any atom is -0.467 e. The van der Waals surface area contributed by atoms with Gasteiger partial charge in [0.15, 0.2) is 10.6 Å². The van der Waals surface area contributed by atoms with Gasteiger partial charge in [-0.3, -0.25) is 0 Å². The molecule has 0 bridgehead atoms. The van der Waals surface area contributed by atoms with Gasteiger partial charge in [-0.05, 0) is 41.0 Å². The van der Waals surface area contributed by atoms with Gasteiger partial charge in [-0.15, -0.1) is 11.3 Å². The highest BCUT2D eigenvalue weighted by atomic mass is 32.2. The average Bonchev–Trinajstić information content (AvgIpc) is 3.54. The van der Waals surface area contributed by atoms with E-state index in [1.807, 2.05) is 84.9 Å². The SMILES string of the molecule is COC(=O)[C@H](Cc1ccccc1)NC(=O)Nc1ccc([C@@H]2O[C@H](CSc3nc4ccccc4s3)[C@H](C)[C@H](c3ccc(CO)cc3)O2)cc1. The van der Waals surface area contributed by atoms with E-state index in [2.05, 4.69) is 23.6 Å². The van der Waals surface area contributed by atoms with Crippen molar-refractivity contribution in [2.75, 3.05) is 18.2 Å². The number of hydrogen-bond donors (Lipinski definition) is 3. The number of ether oxygens (including phenoxy) is 3. The number of para-hydroxylation sites is 1. The summed E-state index contributed by atoms with van der Waals surface area (Å²) in [6, 6.07) is 31.3. The van der Waals surface area contributed by atoms with E-state index >= 15 is 0 Å². The summed E-state index contributed by atoms with van der Waals surface area (Å²) >= 11 is 3.36. The molecule has 1 aromatic heterocycles. The first-order chi connectivity index (χ1) is 23.4. The molecular weight excluding hydrogens is 647 g/mol. The zero-order chi connectivity index (χ0) is 33.5. The summed E-state index contributed by atoms with van der Waals surface area (Å²) < 4.78 is 20.2. The molecule has 0 unspecified atom stereocenters. The van der Waals surface area contributed by atoms with Gasteiger partial charge < -0.3 is 30.0 Å². The number of esters is 1. The van der Waals surface area contributed by atoms with Gasteiger partial charge in [-0.2, -0.15) is 0 Å². The van der Waals surface area contributed by atoms with Crippen molar-refractivity contribution in [1.29, 1.82) is 0 Å². The molecule has 248 valence electrons. The number of carbonyl (C=O) groups excluding carboxylic acids is 2. The number of methoxy groups -OCH3 is 1. The molecule has 4 aromatic carbocycles. The molecule has 48 heavy (non-hydrogen) atoms. The van der Waals surface area contributed by atoms with Gasteiger partial charge in [0.25, 0.3) is 0 Å². The number of thiazole rings is 1. The number of nitrogens with zero attached hydrogens (tertiary/aromatic N) is 1. The zero-order valence-electron chi connectivity index (χ0n) is 26.6. The fourth-order valence-corrected chi connectivity index (χ4v) is 7.87. The number of rotatable bonds is 11. The number of nitrogens with one attached hydrogen (secondary N) is 2. The van der Waals surface area contributed by atoms with E-state index in [9.17, 15) is 14.7 Å². The maximum absolute atomic E-state index is 12.9. The van der Waals surface area contributed by atoms with Crippen LogP contribution in [0.5, 0.6) is 0 Å². The summed E-state index contributed by atoms with van der Waals surface area (Å²) in [5.41, 5.74) is 5.08.